The maximum absolute atomic E-state index is 5.47. The molecule has 0 aliphatic carbocycles. The molecule has 2 rings (SSSR count). The lowest BCUT2D eigenvalue weighted by Crippen LogP contribution is -2.44. The molecule has 0 saturated carbocycles. The van der Waals surface area contributed by atoms with Gasteiger partial charge < -0.3 is 14.6 Å². The summed E-state index contributed by atoms with van der Waals surface area (Å²) in [5.74, 6) is 1.42. The minimum Gasteiger partial charge on any atom is -0.378 e. The molecule has 0 bridgehead atoms. The highest BCUT2D eigenvalue weighted by molar-refractivity contribution is 5.85. The van der Waals surface area contributed by atoms with Crippen LogP contribution in [0.5, 0.6) is 0 Å². The van der Waals surface area contributed by atoms with Gasteiger partial charge in [0.25, 0.3) is 0 Å². The third-order valence-electron chi connectivity index (χ3n) is 3.06. The first-order chi connectivity index (χ1) is 8.66. The standard InChI is InChI=1S/C12H22N4O2.ClH/c1-9(2)17-7-4-11-14-12(15-18-11)10-8-13-5-6-16(10)3;/h9-10,13H,4-8H2,1-3H3;1H. The van der Waals surface area contributed by atoms with E-state index in [9.17, 15) is 0 Å². The van der Waals surface area contributed by atoms with E-state index in [-0.39, 0.29) is 24.6 Å². The van der Waals surface area contributed by atoms with Crippen LogP contribution in [0.15, 0.2) is 4.52 Å². The minimum absolute atomic E-state index is 0. The predicted molar refractivity (Wildman–Crippen MR) is 74.6 cm³/mol. The van der Waals surface area contributed by atoms with E-state index >= 15 is 0 Å². The summed E-state index contributed by atoms with van der Waals surface area (Å²) in [6.45, 7) is 7.55. The lowest BCUT2D eigenvalue weighted by Gasteiger charge is -2.30. The van der Waals surface area contributed by atoms with Crippen LogP contribution in [-0.4, -0.2) is 54.4 Å². The minimum atomic E-state index is 0. The maximum Gasteiger partial charge on any atom is 0.229 e. The van der Waals surface area contributed by atoms with Crippen LogP contribution in [0.1, 0.15) is 31.6 Å². The van der Waals surface area contributed by atoms with Crippen molar-refractivity contribution in [3.8, 4) is 0 Å². The Morgan fingerprint density at radius 1 is 1.53 bits per heavy atom. The number of aromatic nitrogens is 2. The van der Waals surface area contributed by atoms with Gasteiger partial charge in [0, 0.05) is 19.6 Å². The monoisotopic (exact) mass is 290 g/mol. The molecule has 1 aromatic rings. The molecule has 2 heterocycles. The van der Waals surface area contributed by atoms with Crippen molar-refractivity contribution in [2.45, 2.75) is 32.4 Å². The summed E-state index contributed by atoms with van der Waals surface area (Å²) >= 11 is 0. The Morgan fingerprint density at radius 2 is 2.32 bits per heavy atom. The van der Waals surface area contributed by atoms with E-state index in [4.69, 9.17) is 9.26 Å². The molecule has 6 nitrogen and oxygen atoms in total. The van der Waals surface area contributed by atoms with Gasteiger partial charge in [0.1, 0.15) is 0 Å². The first kappa shape index (κ1) is 16.4. The van der Waals surface area contributed by atoms with Crippen LogP contribution in [-0.2, 0) is 11.2 Å². The van der Waals surface area contributed by atoms with E-state index in [1.807, 2.05) is 13.8 Å². The van der Waals surface area contributed by atoms with Crippen molar-refractivity contribution in [2.75, 3.05) is 33.3 Å². The van der Waals surface area contributed by atoms with Gasteiger partial charge >= 0.3 is 0 Å². The molecular formula is C12H23ClN4O2. The fourth-order valence-corrected chi connectivity index (χ4v) is 1.98. The third-order valence-corrected chi connectivity index (χ3v) is 3.06. The number of likely N-dealkylation sites (N-methyl/N-ethyl adjacent to an activating group) is 1. The van der Waals surface area contributed by atoms with E-state index in [1.54, 1.807) is 0 Å². The van der Waals surface area contributed by atoms with Crippen molar-refractivity contribution < 1.29 is 9.26 Å². The van der Waals surface area contributed by atoms with Crippen molar-refractivity contribution in [1.82, 2.24) is 20.4 Å². The van der Waals surface area contributed by atoms with Gasteiger partial charge in [-0.15, -0.1) is 12.4 Å². The van der Waals surface area contributed by atoms with Gasteiger partial charge in [-0.3, -0.25) is 4.90 Å². The Morgan fingerprint density at radius 3 is 3.00 bits per heavy atom. The summed E-state index contributed by atoms with van der Waals surface area (Å²) in [6, 6.07) is 0.210. The normalized spacial score (nSPS) is 20.5. The molecule has 0 aromatic carbocycles. The number of halogens is 1. The topological polar surface area (TPSA) is 63.4 Å². The second-order valence-electron chi connectivity index (χ2n) is 4.92. The van der Waals surface area contributed by atoms with E-state index in [1.165, 1.54) is 0 Å². The number of piperazine rings is 1. The second kappa shape index (κ2) is 7.79. The maximum atomic E-state index is 5.47. The number of ether oxygens (including phenoxy) is 1. The molecule has 1 aliphatic heterocycles. The summed E-state index contributed by atoms with van der Waals surface area (Å²) in [5, 5.41) is 7.41. The summed E-state index contributed by atoms with van der Waals surface area (Å²) in [7, 11) is 2.09. The Hall–Kier alpha value is -0.690. The van der Waals surface area contributed by atoms with Crippen molar-refractivity contribution >= 4 is 12.4 Å². The zero-order valence-corrected chi connectivity index (χ0v) is 12.6. The van der Waals surface area contributed by atoms with Crippen LogP contribution >= 0.6 is 12.4 Å². The van der Waals surface area contributed by atoms with Gasteiger partial charge in [-0.25, -0.2) is 0 Å². The lowest BCUT2D eigenvalue weighted by molar-refractivity contribution is 0.0773. The molecular weight excluding hydrogens is 268 g/mol. The Kier molecular flexibility index (Phi) is 6.71. The summed E-state index contributed by atoms with van der Waals surface area (Å²) in [5.41, 5.74) is 0. The summed E-state index contributed by atoms with van der Waals surface area (Å²) < 4.78 is 10.7. The molecule has 1 atom stereocenters. The van der Waals surface area contributed by atoms with E-state index in [2.05, 4.69) is 27.4 Å². The molecule has 1 aromatic heterocycles. The Labute approximate surface area is 120 Å². The van der Waals surface area contributed by atoms with Crippen LogP contribution in [0.2, 0.25) is 0 Å². The Bertz CT molecular complexity index is 372. The molecule has 0 spiro atoms. The molecule has 0 amide bonds. The quantitative estimate of drug-likeness (QED) is 0.874. The van der Waals surface area contributed by atoms with Crippen LogP contribution in [0, 0.1) is 0 Å². The average Bonchev–Trinajstić information content (AvgIpc) is 2.78. The highest BCUT2D eigenvalue weighted by atomic mass is 35.5. The molecule has 1 N–H and O–H groups in total. The van der Waals surface area contributed by atoms with E-state index in [0.717, 1.165) is 25.5 Å². The molecule has 1 aliphatic rings. The van der Waals surface area contributed by atoms with Crippen molar-refractivity contribution in [1.29, 1.82) is 0 Å². The zero-order valence-electron chi connectivity index (χ0n) is 11.8. The first-order valence-electron chi connectivity index (χ1n) is 6.52. The first-order valence-corrected chi connectivity index (χ1v) is 6.52. The van der Waals surface area contributed by atoms with Crippen molar-refractivity contribution in [3.63, 3.8) is 0 Å². The van der Waals surface area contributed by atoms with Gasteiger partial charge in [-0.2, -0.15) is 4.98 Å². The molecule has 1 fully saturated rings. The molecule has 1 unspecified atom stereocenters. The van der Waals surface area contributed by atoms with Gasteiger partial charge in [0.15, 0.2) is 5.82 Å². The fraction of sp³-hybridized carbons (Fsp3) is 0.833. The van der Waals surface area contributed by atoms with Crippen LogP contribution in [0.3, 0.4) is 0 Å². The number of rotatable bonds is 5. The average molecular weight is 291 g/mol. The second-order valence-corrected chi connectivity index (χ2v) is 4.92. The molecule has 19 heavy (non-hydrogen) atoms. The number of nitrogens with one attached hydrogen (secondary N) is 1. The number of nitrogens with zero attached hydrogens (tertiary/aromatic N) is 3. The van der Waals surface area contributed by atoms with Gasteiger partial charge in [0.2, 0.25) is 5.89 Å². The highest BCUT2D eigenvalue weighted by Gasteiger charge is 2.25. The third kappa shape index (κ3) is 4.72. The van der Waals surface area contributed by atoms with Crippen molar-refractivity contribution in [3.05, 3.63) is 11.7 Å². The highest BCUT2D eigenvalue weighted by Crippen LogP contribution is 2.17. The lowest BCUT2D eigenvalue weighted by atomic mass is 10.2. The van der Waals surface area contributed by atoms with Crippen LogP contribution in [0.4, 0.5) is 0 Å². The molecule has 0 radical (unpaired) electrons. The molecule has 7 heteroatoms. The van der Waals surface area contributed by atoms with E-state index < -0.39 is 0 Å². The van der Waals surface area contributed by atoms with E-state index in [0.29, 0.717) is 18.9 Å². The number of hydrogen-bond donors (Lipinski definition) is 1. The zero-order chi connectivity index (χ0) is 13.0. The fourth-order valence-electron chi connectivity index (χ4n) is 1.98. The molecule has 1 saturated heterocycles. The SMILES string of the molecule is CC(C)OCCc1nc(C2CNCCN2C)no1.Cl. The van der Waals surface area contributed by atoms with Gasteiger partial charge in [0.05, 0.1) is 25.2 Å². The smallest absolute Gasteiger partial charge is 0.229 e. The summed E-state index contributed by atoms with van der Waals surface area (Å²) in [4.78, 5) is 6.69. The van der Waals surface area contributed by atoms with Crippen molar-refractivity contribution in [2.24, 2.45) is 0 Å². The predicted octanol–water partition coefficient (Wildman–Crippen LogP) is 1.03. The molecule has 110 valence electrons. The van der Waals surface area contributed by atoms with Gasteiger partial charge in [-0.1, -0.05) is 5.16 Å². The summed E-state index contributed by atoms with van der Waals surface area (Å²) in [6.07, 6.45) is 0.913. The van der Waals surface area contributed by atoms with Crippen LogP contribution in [0.25, 0.3) is 0 Å². The largest absolute Gasteiger partial charge is 0.378 e. The van der Waals surface area contributed by atoms with Gasteiger partial charge in [-0.05, 0) is 20.9 Å². The van der Waals surface area contributed by atoms with Crippen LogP contribution < -0.4 is 5.32 Å². The Balaban J connectivity index is 0.00000180. The number of hydrogen-bond acceptors (Lipinski definition) is 6.